The smallest absolute Gasteiger partial charge is 0.287 e. The summed E-state index contributed by atoms with van der Waals surface area (Å²) in [7, 11) is 0. The van der Waals surface area contributed by atoms with E-state index in [0.717, 1.165) is 5.56 Å². The van der Waals surface area contributed by atoms with Gasteiger partial charge in [-0.15, -0.1) is 0 Å². The van der Waals surface area contributed by atoms with Crippen molar-refractivity contribution >= 4 is 5.91 Å². The quantitative estimate of drug-likeness (QED) is 0.559. The van der Waals surface area contributed by atoms with Gasteiger partial charge in [0.2, 0.25) is 0 Å². The second-order valence-electron chi connectivity index (χ2n) is 6.16. The molecule has 1 amide bonds. The number of hydrogen-bond acceptors (Lipinski definition) is 5. The Morgan fingerprint density at radius 2 is 1.82 bits per heavy atom. The topological polar surface area (TPSA) is 90.3 Å². The summed E-state index contributed by atoms with van der Waals surface area (Å²) >= 11 is 0. The first kappa shape index (κ1) is 17.5. The van der Waals surface area contributed by atoms with Gasteiger partial charge < -0.3 is 18.8 Å². The Labute approximate surface area is 160 Å². The van der Waals surface area contributed by atoms with Crippen LogP contribution in [0.5, 0.6) is 0 Å². The van der Waals surface area contributed by atoms with E-state index in [1.165, 1.54) is 10.6 Å². The number of benzene rings is 1. The van der Waals surface area contributed by atoms with Crippen molar-refractivity contribution in [2.45, 2.75) is 13.1 Å². The van der Waals surface area contributed by atoms with Crippen molar-refractivity contribution in [1.29, 1.82) is 0 Å². The molecule has 140 valence electrons. The number of carbonyl (C=O) groups excluding carboxylic acids is 1. The summed E-state index contributed by atoms with van der Waals surface area (Å²) in [5, 5.41) is 6.75. The first-order valence-electron chi connectivity index (χ1n) is 8.72. The summed E-state index contributed by atoms with van der Waals surface area (Å²) in [5.74, 6) is 0.852. The van der Waals surface area contributed by atoms with Crippen molar-refractivity contribution in [3.8, 4) is 11.3 Å². The van der Waals surface area contributed by atoms with Gasteiger partial charge in [-0.1, -0.05) is 41.6 Å². The molecule has 0 saturated heterocycles. The van der Waals surface area contributed by atoms with Crippen LogP contribution in [0.4, 0.5) is 0 Å². The number of furan rings is 1. The Kier molecular flexibility index (Phi) is 4.88. The van der Waals surface area contributed by atoms with Gasteiger partial charge in [-0.3, -0.25) is 9.59 Å². The van der Waals surface area contributed by atoms with E-state index in [1.807, 2.05) is 30.3 Å². The van der Waals surface area contributed by atoms with Gasteiger partial charge in [0, 0.05) is 23.9 Å². The summed E-state index contributed by atoms with van der Waals surface area (Å²) in [4.78, 5) is 24.0. The summed E-state index contributed by atoms with van der Waals surface area (Å²) in [6.45, 7) is 0.447. The molecule has 1 N–H and O–H groups in total. The van der Waals surface area contributed by atoms with Crippen molar-refractivity contribution in [3.63, 3.8) is 0 Å². The van der Waals surface area contributed by atoms with Gasteiger partial charge in [0.1, 0.15) is 11.5 Å². The summed E-state index contributed by atoms with van der Waals surface area (Å²) in [6, 6.07) is 19.6. The highest BCUT2D eigenvalue weighted by Crippen LogP contribution is 2.18. The van der Waals surface area contributed by atoms with E-state index in [0.29, 0.717) is 17.2 Å². The van der Waals surface area contributed by atoms with Crippen LogP contribution in [0.3, 0.4) is 0 Å². The lowest BCUT2D eigenvalue weighted by molar-refractivity contribution is 0.0917. The molecule has 7 heteroatoms. The standard InChI is InChI=1S/C21H17N3O4/c25-20-8-4-5-11-24(20)14-16-9-10-19(27-16)21(26)22-13-17-12-18(23-28-17)15-6-2-1-3-7-15/h1-12H,13-14H2,(H,22,26). The molecule has 4 rings (SSSR count). The molecule has 0 aliphatic carbocycles. The van der Waals surface area contributed by atoms with E-state index in [2.05, 4.69) is 10.5 Å². The third-order valence-corrected chi connectivity index (χ3v) is 4.16. The van der Waals surface area contributed by atoms with Gasteiger partial charge in [0.25, 0.3) is 11.5 Å². The van der Waals surface area contributed by atoms with Crippen LogP contribution in [0.1, 0.15) is 22.1 Å². The third-order valence-electron chi connectivity index (χ3n) is 4.16. The predicted molar refractivity (Wildman–Crippen MR) is 102 cm³/mol. The fraction of sp³-hybridized carbons (Fsp3) is 0.0952. The van der Waals surface area contributed by atoms with Gasteiger partial charge in [-0.2, -0.15) is 0 Å². The van der Waals surface area contributed by atoms with E-state index in [-0.39, 0.29) is 30.3 Å². The van der Waals surface area contributed by atoms with Crippen LogP contribution in [0, 0.1) is 0 Å². The highest BCUT2D eigenvalue weighted by molar-refractivity contribution is 5.91. The molecule has 28 heavy (non-hydrogen) atoms. The average molecular weight is 375 g/mol. The van der Waals surface area contributed by atoms with Crippen LogP contribution in [-0.4, -0.2) is 15.6 Å². The lowest BCUT2D eigenvalue weighted by Crippen LogP contribution is -2.22. The van der Waals surface area contributed by atoms with Crippen LogP contribution < -0.4 is 10.9 Å². The molecule has 1 aromatic carbocycles. The van der Waals surface area contributed by atoms with E-state index in [4.69, 9.17) is 8.94 Å². The Hall–Kier alpha value is -3.87. The SMILES string of the molecule is O=C(NCc1cc(-c2ccccc2)no1)c1ccc(Cn2ccccc2=O)o1. The molecule has 4 aromatic rings. The third kappa shape index (κ3) is 3.93. The van der Waals surface area contributed by atoms with Crippen LogP contribution >= 0.6 is 0 Å². The molecule has 3 aromatic heterocycles. The minimum Gasteiger partial charge on any atom is -0.454 e. The number of carbonyl (C=O) groups is 1. The first-order valence-corrected chi connectivity index (χ1v) is 8.72. The monoisotopic (exact) mass is 375 g/mol. The zero-order valence-electron chi connectivity index (χ0n) is 14.9. The molecule has 0 unspecified atom stereocenters. The lowest BCUT2D eigenvalue weighted by atomic mass is 10.1. The first-order chi connectivity index (χ1) is 13.7. The second-order valence-corrected chi connectivity index (χ2v) is 6.16. The summed E-state index contributed by atoms with van der Waals surface area (Å²) < 4.78 is 12.3. The van der Waals surface area contributed by atoms with Gasteiger partial charge >= 0.3 is 0 Å². The van der Waals surface area contributed by atoms with E-state index in [9.17, 15) is 9.59 Å². The maximum atomic E-state index is 12.3. The summed E-state index contributed by atoms with van der Waals surface area (Å²) in [6.07, 6.45) is 1.67. The molecular weight excluding hydrogens is 358 g/mol. The van der Waals surface area contributed by atoms with Crippen molar-refractivity contribution < 1.29 is 13.7 Å². The zero-order valence-corrected chi connectivity index (χ0v) is 14.9. The fourth-order valence-corrected chi connectivity index (χ4v) is 2.74. The van der Waals surface area contributed by atoms with Crippen molar-refractivity contribution in [3.05, 3.63) is 101 Å². The second kappa shape index (κ2) is 7.79. The zero-order chi connectivity index (χ0) is 19.3. The van der Waals surface area contributed by atoms with Crippen molar-refractivity contribution in [2.24, 2.45) is 0 Å². The molecule has 0 spiro atoms. The largest absolute Gasteiger partial charge is 0.454 e. The average Bonchev–Trinajstić information content (AvgIpc) is 3.38. The number of hydrogen-bond donors (Lipinski definition) is 1. The van der Waals surface area contributed by atoms with Gasteiger partial charge in [0.05, 0.1) is 13.1 Å². The van der Waals surface area contributed by atoms with Crippen molar-refractivity contribution in [1.82, 2.24) is 15.0 Å². The molecule has 0 radical (unpaired) electrons. The number of nitrogens with zero attached hydrogens (tertiary/aromatic N) is 2. The molecule has 0 fully saturated rings. The fourth-order valence-electron chi connectivity index (χ4n) is 2.74. The van der Waals surface area contributed by atoms with Crippen LogP contribution in [0.2, 0.25) is 0 Å². The maximum absolute atomic E-state index is 12.3. The molecule has 0 saturated carbocycles. The van der Waals surface area contributed by atoms with Crippen molar-refractivity contribution in [2.75, 3.05) is 0 Å². The summed E-state index contributed by atoms with van der Waals surface area (Å²) in [5.41, 5.74) is 1.51. The number of nitrogens with one attached hydrogen (secondary N) is 1. The molecule has 7 nitrogen and oxygen atoms in total. The minimum atomic E-state index is -0.371. The van der Waals surface area contributed by atoms with Crippen LogP contribution in [0.25, 0.3) is 11.3 Å². The number of pyridine rings is 1. The molecule has 0 aliphatic rings. The molecular formula is C21H17N3O4. The number of amides is 1. The van der Waals surface area contributed by atoms with E-state index < -0.39 is 0 Å². The predicted octanol–water partition coefficient (Wildman–Crippen LogP) is 3.07. The minimum absolute atomic E-state index is 0.135. The molecule has 0 bridgehead atoms. The van der Waals surface area contributed by atoms with E-state index in [1.54, 1.807) is 36.5 Å². The Morgan fingerprint density at radius 1 is 1.00 bits per heavy atom. The highest BCUT2D eigenvalue weighted by Gasteiger charge is 2.13. The van der Waals surface area contributed by atoms with Gasteiger partial charge in [-0.05, 0) is 18.2 Å². The van der Waals surface area contributed by atoms with Crippen LogP contribution in [-0.2, 0) is 13.1 Å². The normalized spacial score (nSPS) is 10.7. The highest BCUT2D eigenvalue weighted by atomic mass is 16.5. The van der Waals surface area contributed by atoms with Gasteiger partial charge in [-0.25, -0.2) is 0 Å². The maximum Gasteiger partial charge on any atom is 0.287 e. The Morgan fingerprint density at radius 3 is 2.64 bits per heavy atom. The van der Waals surface area contributed by atoms with Crippen LogP contribution in [0.15, 0.2) is 86.7 Å². The van der Waals surface area contributed by atoms with E-state index >= 15 is 0 Å². The Bertz CT molecular complexity index is 1140. The number of aromatic nitrogens is 2. The Balaban J connectivity index is 1.37. The lowest BCUT2D eigenvalue weighted by Gasteiger charge is -2.02. The number of rotatable bonds is 6. The van der Waals surface area contributed by atoms with Gasteiger partial charge in [0.15, 0.2) is 11.5 Å². The molecule has 0 aliphatic heterocycles. The molecule has 3 heterocycles. The molecule has 0 atom stereocenters.